The maximum atomic E-state index is 6.08. The van der Waals surface area contributed by atoms with Crippen LogP contribution < -0.4 is 5.32 Å². The maximum Gasteiger partial charge on any atom is 0.0498 e. The van der Waals surface area contributed by atoms with Crippen LogP contribution in [0.4, 0.5) is 0 Å². The standard InChI is InChI=1S/C14H19ClN2/c1-9(2)14-12(8-16-3)11-6-5-10(15)7-13(11)17(14)4/h5-7,9,16H,8H2,1-4H3. The molecule has 0 saturated carbocycles. The van der Waals surface area contributed by atoms with E-state index >= 15 is 0 Å². The van der Waals surface area contributed by atoms with Crippen molar-refractivity contribution in [2.75, 3.05) is 7.05 Å². The zero-order chi connectivity index (χ0) is 12.6. The topological polar surface area (TPSA) is 17.0 Å². The van der Waals surface area contributed by atoms with Gasteiger partial charge in [0, 0.05) is 35.2 Å². The van der Waals surface area contributed by atoms with E-state index in [0.29, 0.717) is 5.92 Å². The minimum absolute atomic E-state index is 0.509. The van der Waals surface area contributed by atoms with Crippen LogP contribution in [0.1, 0.15) is 31.0 Å². The molecule has 2 nitrogen and oxygen atoms in total. The first kappa shape index (κ1) is 12.5. The maximum absolute atomic E-state index is 6.08. The SMILES string of the molecule is CNCc1c(C(C)C)n(C)c2cc(Cl)ccc12. The van der Waals surface area contributed by atoms with Gasteiger partial charge in [-0.15, -0.1) is 0 Å². The first-order valence-corrected chi connectivity index (χ1v) is 6.35. The Hall–Kier alpha value is -0.990. The number of nitrogens with zero attached hydrogens (tertiary/aromatic N) is 1. The van der Waals surface area contributed by atoms with Gasteiger partial charge in [-0.3, -0.25) is 0 Å². The van der Waals surface area contributed by atoms with Crippen LogP contribution in [0.3, 0.4) is 0 Å². The highest BCUT2D eigenvalue weighted by Gasteiger charge is 2.16. The monoisotopic (exact) mass is 250 g/mol. The fraction of sp³-hybridized carbons (Fsp3) is 0.429. The Balaban J connectivity index is 2.77. The minimum Gasteiger partial charge on any atom is -0.347 e. The summed E-state index contributed by atoms with van der Waals surface area (Å²) in [6, 6.07) is 6.13. The molecule has 17 heavy (non-hydrogen) atoms. The molecule has 92 valence electrons. The lowest BCUT2D eigenvalue weighted by atomic mass is 10.0. The summed E-state index contributed by atoms with van der Waals surface area (Å²) in [5.74, 6) is 0.509. The van der Waals surface area contributed by atoms with Gasteiger partial charge in [0.15, 0.2) is 0 Å². The molecule has 0 spiro atoms. The lowest BCUT2D eigenvalue weighted by molar-refractivity contribution is 0.719. The molecule has 1 aromatic carbocycles. The molecule has 0 saturated heterocycles. The van der Waals surface area contributed by atoms with Gasteiger partial charge in [-0.25, -0.2) is 0 Å². The summed E-state index contributed by atoms with van der Waals surface area (Å²) < 4.78 is 2.26. The highest BCUT2D eigenvalue weighted by molar-refractivity contribution is 6.31. The molecule has 0 aliphatic heterocycles. The number of halogens is 1. The van der Waals surface area contributed by atoms with Crippen LogP contribution in [0.15, 0.2) is 18.2 Å². The molecule has 0 aliphatic rings. The molecule has 0 atom stereocenters. The molecular formula is C14H19ClN2. The zero-order valence-electron chi connectivity index (χ0n) is 10.8. The number of aryl methyl sites for hydroxylation is 1. The fourth-order valence-corrected chi connectivity index (χ4v) is 2.77. The molecule has 0 aliphatic carbocycles. The Labute approximate surface area is 108 Å². The molecule has 0 radical (unpaired) electrons. The number of rotatable bonds is 3. The highest BCUT2D eigenvalue weighted by Crippen LogP contribution is 2.31. The highest BCUT2D eigenvalue weighted by atomic mass is 35.5. The second-order valence-electron chi connectivity index (χ2n) is 4.77. The van der Waals surface area contributed by atoms with Crippen LogP contribution in [0.2, 0.25) is 5.02 Å². The van der Waals surface area contributed by atoms with E-state index in [4.69, 9.17) is 11.6 Å². The van der Waals surface area contributed by atoms with E-state index in [1.165, 1.54) is 22.2 Å². The first-order chi connectivity index (χ1) is 8.06. The van der Waals surface area contributed by atoms with E-state index in [-0.39, 0.29) is 0 Å². The predicted octanol–water partition coefficient (Wildman–Crippen LogP) is 3.67. The third-order valence-corrected chi connectivity index (χ3v) is 3.45. The third kappa shape index (κ3) is 2.07. The largest absolute Gasteiger partial charge is 0.347 e. The van der Waals surface area contributed by atoms with Crippen LogP contribution in [0.25, 0.3) is 10.9 Å². The number of nitrogens with one attached hydrogen (secondary N) is 1. The van der Waals surface area contributed by atoms with E-state index in [1.54, 1.807) is 0 Å². The van der Waals surface area contributed by atoms with Gasteiger partial charge >= 0.3 is 0 Å². The minimum atomic E-state index is 0.509. The number of fused-ring (bicyclic) bond motifs is 1. The Morgan fingerprint density at radius 3 is 2.65 bits per heavy atom. The van der Waals surface area contributed by atoms with Gasteiger partial charge < -0.3 is 9.88 Å². The quantitative estimate of drug-likeness (QED) is 0.880. The van der Waals surface area contributed by atoms with E-state index in [2.05, 4.69) is 36.8 Å². The summed E-state index contributed by atoms with van der Waals surface area (Å²) >= 11 is 6.08. The number of aromatic nitrogens is 1. The molecule has 1 aromatic heterocycles. The summed E-state index contributed by atoms with van der Waals surface area (Å²) in [6.45, 7) is 5.36. The van der Waals surface area contributed by atoms with Crippen molar-refractivity contribution < 1.29 is 0 Å². The lowest BCUT2D eigenvalue weighted by Gasteiger charge is -2.11. The van der Waals surface area contributed by atoms with E-state index in [9.17, 15) is 0 Å². The van der Waals surface area contributed by atoms with Crippen molar-refractivity contribution in [2.24, 2.45) is 7.05 Å². The number of hydrogen-bond donors (Lipinski definition) is 1. The van der Waals surface area contributed by atoms with Crippen LogP contribution in [0.5, 0.6) is 0 Å². The second kappa shape index (κ2) is 4.71. The summed E-state index contributed by atoms with van der Waals surface area (Å²) in [4.78, 5) is 0. The van der Waals surface area contributed by atoms with Crippen LogP contribution in [-0.2, 0) is 13.6 Å². The number of hydrogen-bond acceptors (Lipinski definition) is 1. The Morgan fingerprint density at radius 1 is 1.35 bits per heavy atom. The van der Waals surface area contributed by atoms with Crippen molar-refractivity contribution >= 4 is 22.5 Å². The smallest absolute Gasteiger partial charge is 0.0498 e. The number of benzene rings is 1. The summed E-state index contributed by atoms with van der Waals surface area (Å²) in [5, 5.41) is 5.35. The van der Waals surface area contributed by atoms with Crippen molar-refractivity contribution in [1.82, 2.24) is 9.88 Å². The summed E-state index contributed by atoms with van der Waals surface area (Å²) in [7, 11) is 4.10. The van der Waals surface area contributed by atoms with Gasteiger partial charge in [-0.05, 0) is 30.7 Å². The van der Waals surface area contributed by atoms with Crippen LogP contribution in [-0.4, -0.2) is 11.6 Å². The molecule has 2 aromatic rings. The fourth-order valence-electron chi connectivity index (χ4n) is 2.61. The average molecular weight is 251 g/mol. The van der Waals surface area contributed by atoms with Crippen LogP contribution >= 0.6 is 11.6 Å². The Kier molecular flexibility index (Phi) is 3.45. The normalized spacial score (nSPS) is 11.6. The Morgan fingerprint density at radius 2 is 2.06 bits per heavy atom. The molecule has 0 unspecified atom stereocenters. The van der Waals surface area contributed by atoms with Gasteiger partial charge in [0.05, 0.1) is 0 Å². The van der Waals surface area contributed by atoms with E-state index in [0.717, 1.165) is 11.6 Å². The summed E-state index contributed by atoms with van der Waals surface area (Å²) in [6.07, 6.45) is 0. The van der Waals surface area contributed by atoms with Gasteiger partial charge in [0.2, 0.25) is 0 Å². The van der Waals surface area contributed by atoms with Crippen molar-refractivity contribution in [3.8, 4) is 0 Å². The van der Waals surface area contributed by atoms with Gasteiger partial charge in [0.25, 0.3) is 0 Å². The van der Waals surface area contributed by atoms with E-state index < -0.39 is 0 Å². The van der Waals surface area contributed by atoms with Crippen molar-refractivity contribution in [3.63, 3.8) is 0 Å². The van der Waals surface area contributed by atoms with Crippen molar-refractivity contribution in [3.05, 3.63) is 34.5 Å². The predicted molar refractivity (Wildman–Crippen MR) is 74.8 cm³/mol. The van der Waals surface area contributed by atoms with Gasteiger partial charge in [-0.1, -0.05) is 31.5 Å². The second-order valence-corrected chi connectivity index (χ2v) is 5.21. The van der Waals surface area contributed by atoms with E-state index in [1.807, 2.05) is 19.2 Å². The summed E-state index contributed by atoms with van der Waals surface area (Å²) in [5.41, 5.74) is 3.99. The zero-order valence-corrected chi connectivity index (χ0v) is 11.6. The van der Waals surface area contributed by atoms with Crippen LogP contribution in [0, 0.1) is 0 Å². The molecular weight excluding hydrogens is 232 g/mol. The Bertz CT molecular complexity index is 541. The molecule has 1 heterocycles. The third-order valence-electron chi connectivity index (χ3n) is 3.22. The molecule has 3 heteroatoms. The molecule has 0 fully saturated rings. The average Bonchev–Trinajstić information content (AvgIpc) is 2.53. The molecule has 0 amide bonds. The van der Waals surface area contributed by atoms with Crippen molar-refractivity contribution in [2.45, 2.75) is 26.3 Å². The van der Waals surface area contributed by atoms with Gasteiger partial charge in [-0.2, -0.15) is 0 Å². The lowest BCUT2D eigenvalue weighted by Crippen LogP contribution is -2.09. The van der Waals surface area contributed by atoms with Crippen molar-refractivity contribution in [1.29, 1.82) is 0 Å². The first-order valence-electron chi connectivity index (χ1n) is 5.97. The van der Waals surface area contributed by atoms with Gasteiger partial charge in [0.1, 0.15) is 0 Å². The molecule has 0 bridgehead atoms. The molecule has 2 rings (SSSR count). The molecule has 1 N–H and O–H groups in total.